The van der Waals surface area contributed by atoms with Crippen molar-refractivity contribution in [2.45, 2.75) is 49.5 Å². The third kappa shape index (κ3) is 4.14. The van der Waals surface area contributed by atoms with Crippen molar-refractivity contribution in [3.05, 3.63) is 0 Å². The van der Waals surface area contributed by atoms with Crippen LogP contribution in [-0.2, 0) is 9.53 Å². The van der Waals surface area contributed by atoms with Crippen LogP contribution in [-0.4, -0.2) is 49.3 Å². The van der Waals surface area contributed by atoms with Gasteiger partial charge in [0.05, 0.1) is 19.1 Å². The highest BCUT2D eigenvalue weighted by Gasteiger charge is 2.26. The molecule has 2 fully saturated rings. The fourth-order valence-corrected chi connectivity index (χ4v) is 3.70. The first kappa shape index (κ1) is 14.2. The van der Waals surface area contributed by atoms with E-state index >= 15 is 0 Å². The first-order chi connectivity index (χ1) is 8.79. The van der Waals surface area contributed by atoms with Crippen molar-refractivity contribution >= 4 is 17.7 Å². The van der Waals surface area contributed by atoms with E-state index in [4.69, 9.17) is 4.74 Å². The fraction of sp³-hybridized carbons (Fsp3) is 0.923. The number of morpholine rings is 1. The zero-order valence-electron chi connectivity index (χ0n) is 11.1. The Morgan fingerprint density at radius 1 is 1.44 bits per heavy atom. The van der Waals surface area contributed by atoms with Crippen LogP contribution in [0.5, 0.6) is 0 Å². The maximum absolute atomic E-state index is 12.0. The van der Waals surface area contributed by atoms with E-state index in [1.54, 1.807) is 0 Å². The lowest BCUT2D eigenvalue weighted by Gasteiger charge is -2.31. The summed E-state index contributed by atoms with van der Waals surface area (Å²) in [6, 6.07) is 0.359. The van der Waals surface area contributed by atoms with Crippen LogP contribution >= 0.6 is 11.8 Å². The molecule has 1 aliphatic heterocycles. The number of hydrogen-bond donors (Lipinski definition) is 2. The Morgan fingerprint density at radius 2 is 2.28 bits per heavy atom. The lowest BCUT2D eigenvalue weighted by molar-refractivity contribution is -0.125. The minimum absolute atomic E-state index is 0.0510. The highest BCUT2D eigenvalue weighted by atomic mass is 32.2. The van der Waals surface area contributed by atoms with Crippen LogP contribution in [0.3, 0.4) is 0 Å². The molecule has 3 unspecified atom stereocenters. The quantitative estimate of drug-likeness (QED) is 0.806. The molecule has 5 heteroatoms. The molecule has 2 rings (SSSR count). The van der Waals surface area contributed by atoms with E-state index in [0.29, 0.717) is 17.7 Å². The SMILES string of the molecule is CSC1CCCCC1NC(=O)CC1CNCCO1. The Morgan fingerprint density at radius 3 is 3.00 bits per heavy atom. The Bertz CT molecular complexity index is 270. The van der Waals surface area contributed by atoms with Gasteiger partial charge in [-0.2, -0.15) is 11.8 Å². The Kier molecular flexibility index (Phi) is 5.79. The molecule has 0 aromatic heterocycles. The molecule has 104 valence electrons. The second-order valence-corrected chi connectivity index (χ2v) is 6.21. The van der Waals surface area contributed by atoms with Crippen molar-refractivity contribution in [3.8, 4) is 0 Å². The van der Waals surface area contributed by atoms with Gasteiger partial charge in [0.15, 0.2) is 0 Å². The van der Waals surface area contributed by atoms with Gasteiger partial charge in [-0.1, -0.05) is 12.8 Å². The number of amides is 1. The van der Waals surface area contributed by atoms with Gasteiger partial charge in [0.1, 0.15) is 0 Å². The molecule has 3 atom stereocenters. The summed E-state index contributed by atoms with van der Waals surface area (Å²) >= 11 is 1.88. The summed E-state index contributed by atoms with van der Waals surface area (Å²) in [5.74, 6) is 0.148. The van der Waals surface area contributed by atoms with Gasteiger partial charge in [-0.05, 0) is 19.1 Å². The zero-order chi connectivity index (χ0) is 12.8. The van der Waals surface area contributed by atoms with Crippen molar-refractivity contribution in [2.24, 2.45) is 0 Å². The summed E-state index contributed by atoms with van der Waals surface area (Å²) in [5.41, 5.74) is 0. The highest BCUT2D eigenvalue weighted by Crippen LogP contribution is 2.27. The topological polar surface area (TPSA) is 50.4 Å². The molecule has 2 N–H and O–H groups in total. The van der Waals surface area contributed by atoms with Crippen LogP contribution in [0.15, 0.2) is 0 Å². The molecular formula is C13H24N2O2S. The van der Waals surface area contributed by atoms with Crippen LogP contribution in [0.4, 0.5) is 0 Å². The van der Waals surface area contributed by atoms with Gasteiger partial charge < -0.3 is 15.4 Å². The van der Waals surface area contributed by atoms with Gasteiger partial charge in [-0.25, -0.2) is 0 Å². The predicted molar refractivity (Wildman–Crippen MR) is 74.9 cm³/mol. The van der Waals surface area contributed by atoms with Gasteiger partial charge in [-0.15, -0.1) is 0 Å². The molecule has 0 aromatic carbocycles. The van der Waals surface area contributed by atoms with Crippen molar-refractivity contribution < 1.29 is 9.53 Å². The minimum Gasteiger partial charge on any atom is -0.375 e. The third-order valence-corrected chi connectivity index (χ3v) is 4.94. The van der Waals surface area contributed by atoms with E-state index in [9.17, 15) is 4.79 Å². The van der Waals surface area contributed by atoms with Gasteiger partial charge in [0, 0.05) is 24.4 Å². The second kappa shape index (κ2) is 7.36. The van der Waals surface area contributed by atoms with Crippen LogP contribution < -0.4 is 10.6 Å². The summed E-state index contributed by atoms with van der Waals surface area (Å²) in [7, 11) is 0. The van der Waals surface area contributed by atoms with Crippen molar-refractivity contribution in [1.82, 2.24) is 10.6 Å². The molecule has 0 radical (unpaired) electrons. The van der Waals surface area contributed by atoms with Crippen LogP contribution in [0.1, 0.15) is 32.1 Å². The van der Waals surface area contributed by atoms with Gasteiger partial charge in [0.25, 0.3) is 0 Å². The largest absolute Gasteiger partial charge is 0.375 e. The maximum atomic E-state index is 12.0. The number of ether oxygens (including phenoxy) is 1. The molecule has 2 aliphatic rings. The molecule has 4 nitrogen and oxygen atoms in total. The average Bonchev–Trinajstić information content (AvgIpc) is 2.40. The lowest BCUT2D eigenvalue weighted by Crippen LogP contribution is -2.46. The Labute approximate surface area is 114 Å². The molecule has 1 saturated carbocycles. The van der Waals surface area contributed by atoms with Crippen molar-refractivity contribution in [3.63, 3.8) is 0 Å². The second-order valence-electron chi connectivity index (χ2n) is 5.13. The van der Waals surface area contributed by atoms with Crippen LogP contribution in [0, 0.1) is 0 Å². The summed E-state index contributed by atoms with van der Waals surface area (Å²) in [6.45, 7) is 2.41. The monoisotopic (exact) mass is 272 g/mol. The van der Waals surface area contributed by atoms with Crippen LogP contribution in [0.2, 0.25) is 0 Å². The number of carbonyl (C=O) groups excluding carboxylic acids is 1. The molecule has 1 aliphatic carbocycles. The predicted octanol–water partition coefficient (Wildman–Crippen LogP) is 1.16. The number of rotatable bonds is 4. The Hall–Kier alpha value is -0.260. The smallest absolute Gasteiger partial charge is 0.222 e. The Balaban J connectivity index is 1.75. The van der Waals surface area contributed by atoms with Gasteiger partial charge in [-0.3, -0.25) is 4.79 Å². The highest BCUT2D eigenvalue weighted by molar-refractivity contribution is 7.99. The first-order valence-corrected chi connectivity index (χ1v) is 8.23. The molecule has 1 amide bonds. The van der Waals surface area contributed by atoms with Gasteiger partial charge >= 0.3 is 0 Å². The molecule has 18 heavy (non-hydrogen) atoms. The molecule has 0 spiro atoms. The number of thioether (sulfide) groups is 1. The van der Waals surface area contributed by atoms with Crippen molar-refractivity contribution in [2.75, 3.05) is 26.0 Å². The lowest BCUT2D eigenvalue weighted by atomic mass is 9.94. The zero-order valence-corrected chi connectivity index (χ0v) is 11.9. The average molecular weight is 272 g/mol. The van der Waals surface area contributed by atoms with Crippen LogP contribution in [0.25, 0.3) is 0 Å². The maximum Gasteiger partial charge on any atom is 0.222 e. The third-order valence-electron chi connectivity index (χ3n) is 3.77. The summed E-state index contributed by atoms with van der Waals surface area (Å²) in [6.07, 6.45) is 7.58. The van der Waals surface area contributed by atoms with E-state index in [1.165, 1.54) is 19.3 Å². The fourth-order valence-electron chi connectivity index (χ4n) is 2.77. The number of carbonyl (C=O) groups is 1. The normalized spacial score (nSPS) is 33.1. The summed E-state index contributed by atoms with van der Waals surface area (Å²) < 4.78 is 5.56. The number of hydrogen-bond acceptors (Lipinski definition) is 4. The summed E-state index contributed by atoms with van der Waals surface area (Å²) in [5, 5.41) is 7.05. The number of nitrogens with one attached hydrogen (secondary N) is 2. The van der Waals surface area contributed by atoms with Gasteiger partial charge in [0.2, 0.25) is 5.91 Å². The van der Waals surface area contributed by atoms with E-state index in [0.717, 1.165) is 26.1 Å². The van der Waals surface area contributed by atoms with E-state index < -0.39 is 0 Å². The van der Waals surface area contributed by atoms with E-state index in [-0.39, 0.29) is 12.0 Å². The molecule has 0 bridgehead atoms. The van der Waals surface area contributed by atoms with Crippen molar-refractivity contribution in [1.29, 1.82) is 0 Å². The first-order valence-electron chi connectivity index (χ1n) is 6.94. The van der Waals surface area contributed by atoms with E-state index in [1.807, 2.05) is 11.8 Å². The standard InChI is InChI=1S/C13H24N2O2S/c1-18-12-5-3-2-4-11(12)15-13(16)8-10-9-14-6-7-17-10/h10-12,14H,2-9H2,1H3,(H,15,16). The minimum atomic E-state index is 0.0510. The van der Waals surface area contributed by atoms with E-state index in [2.05, 4.69) is 16.9 Å². The molecule has 1 heterocycles. The molecule has 1 saturated heterocycles. The molecular weight excluding hydrogens is 248 g/mol. The summed E-state index contributed by atoms with van der Waals surface area (Å²) in [4.78, 5) is 12.0. The molecule has 0 aromatic rings.